The second-order valence-electron chi connectivity index (χ2n) is 7.08. The molecule has 1 fully saturated rings. The van der Waals surface area contributed by atoms with Crippen LogP contribution < -0.4 is 5.32 Å². The van der Waals surface area contributed by atoms with E-state index in [2.05, 4.69) is 21.8 Å². The number of rotatable bonds is 6. The van der Waals surface area contributed by atoms with Gasteiger partial charge in [-0.3, -0.25) is 0 Å². The van der Waals surface area contributed by atoms with Gasteiger partial charge < -0.3 is 19.4 Å². The molecular formula is C17H29N3O3. The normalized spacial score (nSPS) is 21.4. The number of alkyl carbamates (subject to hydrolysis) is 1. The SMILES string of the molecule is CCC1OCCC1Cn1cncc1CCNC(=O)OC(C)(C)C. The van der Waals surface area contributed by atoms with E-state index in [0.717, 1.165) is 38.1 Å². The molecule has 2 heterocycles. The van der Waals surface area contributed by atoms with E-state index in [0.29, 0.717) is 18.6 Å². The Labute approximate surface area is 138 Å². The van der Waals surface area contributed by atoms with Gasteiger partial charge in [-0.2, -0.15) is 0 Å². The Kier molecular flexibility index (Phi) is 6.04. The first-order chi connectivity index (χ1) is 10.9. The lowest BCUT2D eigenvalue weighted by Crippen LogP contribution is -2.33. The maximum absolute atomic E-state index is 11.7. The largest absolute Gasteiger partial charge is 0.444 e. The van der Waals surface area contributed by atoms with Crippen molar-refractivity contribution in [2.45, 2.75) is 65.2 Å². The van der Waals surface area contributed by atoms with E-state index in [1.807, 2.05) is 33.3 Å². The molecule has 6 nitrogen and oxygen atoms in total. The zero-order valence-corrected chi connectivity index (χ0v) is 14.7. The van der Waals surface area contributed by atoms with Gasteiger partial charge in [0.15, 0.2) is 0 Å². The summed E-state index contributed by atoms with van der Waals surface area (Å²) in [6, 6.07) is 0. The third-order valence-electron chi connectivity index (χ3n) is 4.03. The van der Waals surface area contributed by atoms with Crippen LogP contribution in [0.4, 0.5) is 4.79 Å². The predicted octanol–water partition coefficient (Wildman–Crippen LogP) is 2.77. The minimum atomic E-state index is -0.469. The maximum Gasteiger partial charge on any atom is 0.407 e. The monoisotopic (exact) mass is 323 g/mol. The number of nitrogens with one attached hydrogen (secondary N) is 1. The first-order valence-electron chi connectivity index (χ1n) is 8.46. The van der Waals surface area contributed by atoms with E-state index in [4.69, 9.17) is 9.47 Å². The Morgan fingerprint density at radius 2 is 2.30 bits per heavy atom. The van der Waals surface area contributed by atoms with Gasteiger partial charge in [0.2, 0.25) is 0 Å². The van der Waals surface area contributed by atoms with E-state index in [9.17, 15) is 4.79 Å². The number of hydrogen-bond acceptors (Lipinski definition) is 4. The number of hydrogen-bond donors (Lipinski definition) is 1. The minimum Gasteiger partial charge on any atom is -0.444 e. The zero-order chi connectivity index (χ0) is 16.9. The lowest BCUT2D eigenvalue weighted by molar-refractivity contribution is 0.0528. The molecule has 1 aromatic rings. The molecule has 0 radical (unpaired) electrons. The molecule has 0 bridgehead atoms. The summed E-state index contributed by atoms with van der Waals surface area (Å²) < 4.78 is 13.2. The lowest BCUT2D eigenvalue weighted by atomic mass is 9.99. The van der Waals surface area contributed by atoms with Crippen molar-refractivity contribution in [2.24, 2.45) is 5.92 Å². The van der Waals surface area contributed by atoms with E-state index in [-0.39, 0.29) is 6.09 Å². The number of nitrogens with zero attached hydrogens (tertiary/aromatic N) is 2. The van der Waals surface area contributed by atoms with Gasteiger partial charge in [-0.1, -0.05) is 6.92 Å². The van der Waals surface area contributed by atoms with Crippen LogP contribution in [0.15, 0.2) is 12.5 Å². The number of carbonyl (C=O) groups excluding carboxylic acids is 1. The molecule has 1 aliphatic heterocycles. The molecule has 2 atom stereocenters. The molecule has 130 valence electrons. The van der Waals surface area contributed by atoms with Crippen LogP contribution in [0.25, 0.3) is 0 Å². The van der Waals surface area contributed by atoms with Crippen molar-refractivity contribution in [1.82, 2.24) is 14.9 Å². The predicted molar refractivity (Wildman–Crippen MR) is 88.3 cm³/mol. The fourth-order valence-electron chi connectivity index (χ4n) is 2.93. The van der Waals surface area contributed by atoms with Gasteiger partial charge >= 0.3 is 6.09 Å². The Bertz CT molecular complexity index is 507. The molecule has 0 aliphatic carbocycles. The molecular weight excluding hydrogens is 294 g/mol. The van der Waals surface area contributed by atoms with Gasteiger partial charge in [0.05, 0.1) is 12.4 Å². The summed E-state index contributed by atoms with van der Waals surface area (Å²) in [6.07, 6.45) is 6.61. The molecule has 0 saturated carbocycles. The average molecular weight is 323 g/mol. The Balaban J connectivity index is 1.81. The van der Waals surface area contributed by atoms with Gasteiger partial charge in [-0.25, -0.2) is 9.78 Å². The Morgan fingerprint density at radius 1 is 1.52 bits per heavy atom. The first-order valence-corrected chi connectivity index (χ1v) is 8.46. The van der Waals surface area contributed by atoms with Crippen LogP contribution in [0, 0.1) is 5.92 Å². The van der Waals surface area contributed by atoms with Crippen molar-refractivity contribution < 1.29 is 14.3 Å². The van der Waals surface area contributed by atoms with Gasteiger partial charge in [-0.15, -0.1) is 0 Å². The van der Waals surface area contributed by atoms with Crippen LogP contribution in [0.3, 0.4) is 0 Å². The number of ether oxygens (including phenoxy) is 2. The van der Waals surface area contributed by atoms with Gasteiger partial charge in [0, 0.05) is 43.9 Å². The summed E-state index contributed by atoms with van der Waals surface area (Å²) >= 11 is 0. The van der Waals surface area contributed by atoms with E-state index in [1.54, 1.807) is 0 Å². The second kappa shape index (κ2) is 7.81. The van der Waals surface area contributed by atoms with Crippen molar-refractivity contribution in [2.75, 3.05) is 13.2 Å². The fraction of sp³-hybridized carbons (Fsp3) is 0.765. The third kappa shape index (κ3) is 5.53. The smallest absolute Gasteiger partial charge is 0.407 e. The van der Waals surface area contributed by atoms with Crippen LogP contribution in [-0.2, 0) is 22.4 Å². The van der Waals surface area contributed by atoms with Gasteiger partial charge in [0.25, 0.3) is 0 Å². The molecule has 2 unspecified atom stereocenters. The maximum atomic E-state index is 11.7. The van der Waals surface area contributed by atoms with Crippen LogP contribution in [0.2, 0.25) is 0 Å². The summed E-state index contributed by atoms with van der Waals surface area (Å²) in [7, 11) is 0. The topological polar surface area (TPSA) is 65.4 Å². The Hall–Kier alpha value is -1.56. The minimum absolute atomic E-state index is 0.352. The lowest BCUT2D eigenvalue weighted by Gasteiger charge is -2.20. The number of imidazole rings is 1. The number of carbonyl (C=O) groups is 1. The summed E-state index contributed by atoms with van der Waals surface area (Å²) in [4.78, 5) is 15.9. The first kappa shape index (κ1) is 17.8. The quantitative estimate of drug-likeness (QED) is 0.874. The van der Waals surface area contributed by atoms with Crippen molar-refractivity contribution in [3.05, 3.63) is 18.2 Å². The number of amides is 1. The van der Waals surface area contributed by atoms with Crippen molar-refractivity contribution >= 4 is 6.09 Å². The molecule has 1 aliphatic rings. The molecule has 0 spiro atoms. The van der Waals surface area contributed by atoms with Crippen LogP contribution in [0.1, 0.15) is 46.2 Å². The summed E-state index contributed by atoms with van der Waals surface area (Å²) in [5.74, 6) is 0.548. The van der Waals surface area contributed by atoms with Crippen molar-refractivity contribution in [1.29, 1.82) is 0 Å². The van der Waals surface area contributed by atoms with E-state index < -0.39 is 5.60 Å². The van der Waals surface area contributed by atoms with Crippen molar-refractivity contribution in [3.8, 4) is 0 Å². The van der Waals surface area contributed by atoms with E-state index >= 15 is 0 Å². The molecule has 23 heavy (non-hydrogen) atoms. The summed E-state index contributed by atoms with van der Waals surface area (Å²) in [5.41, 5.74) is 0.659. The molecule has 0 aromatic carbocycles. The molecule has 2 rings (SSSR count). The fourth-order valence-corrected chi connectivity index (χ4v) is 2.93. The highest BCUT2D eigenvalue weighted by molar-refractivity contribution is 5.67. The van der Waals surface area contributed by atoms with E-state index in [1.165, 1.54) is 0 Å². The highest BCUT2D eigenvalue weighted by Crippen LogP contribution is 2.25. The zero-order valence-electron chi connectivity index (χ0n) is 14.7. The average Bonchev–Trinajstić information content (AvgIpc) is 3.07. The highest BCUT2D eigenvalue weighted by atomic mass is 16.6. The van der Waals surface area contributed by atoms with Gasteiger partial charge in [-0.05, 0) is 33.6 Å². The summed E-state index contributed by atoms with van der Waals surface area (Å²) in [5, 5.41) is 2.79. The highest BCUT2D eigenvalue weighted by Gasteiger charge is 2.27. The van der Waals surface area contributed by atoms with Crippen LogP contribution >= 0.6 is 0 Å². The molecule has 6 heteroatoms. The second-order valence-corrected chi connectivity index (χ2v) is 7.08. The summed E-state index contributed by atoms with van der Waals surface area (Å²) in [6.45, 7) is 10.1. The molecule has 1 amide bonds. The molecule has 1 aromatic heterocycles. The van der Waals surface area contributed by atoms with Crippen LogP contribution in [-0.4, -0.2) is 40.5 Å². The molecule has 1 N–H and O–H groups in total. The standard InChI is InChI=1S/C17H29N3O3/c1-5-15-13(7-9-22-15)11-20-12-18-10-14(20)6-8-19-16(21)23-17(2,3)4/h10,12-13,15H,5-9,11H2,1-4H3,(H,19,21). The van der Waals surface area contributed by atoms with Crippen LogP contribution in [0.5, 0.6) is 0 Å². The Morgan fingerprint density at radius 3 is 3.00 bits per heavy atom. The molecule has 1 saturated heterocycles. The third-order valence-corrected chi connectivity index (χ3v) is 4.03. The van der Waals surface area contributed by atoms with Crippen molar-refractivity contribution in [3.63, 3.8) is 0 Å². The number of aromatic nitrogens is 2. The van der Waals surface area contributed by atoms with Gasteiger partial charge in [0.1, 0.15) is 5.60 Å².